The molecule has 1 N–H and O–H groups in total. The summed E-state index contributed by atoms with van der Waals surface area (Å²) in [4.78, 5) is 2.23. The van der Waals surface area contributed by atoms with Crippen molar-refractivity contribution in [2.75, 3.05) is 11.4 Å². The minimum atomic E-state index is -0.0109. The summed E-state index contributed by atoms with van der Waals surface area (Å²) < 4.78 is 14.0. The summed E-state index contributed by atoms with van der Waals surface area (Å²) in [5.74, 6) is 3.16. The van der Waals surface area contributed by atoms with Gasteiger partial charge in [0.05, 0.1) is 5.69 Å². The van der Waals surface area contributed by atoms with E-state index in [1.54, 1.807) is 0 Å². The molecule has 4 heteroatoms. The zero-order valence-corrected chi connectivity index (χ0v) is 28.1. The van der Waals surface area contributed by atoms with Crippen molar-refractivity contribution in [3.63, 3.8) is 0 Å². The van der Waals surface area contributed by atoms with Crippen LogP contribution in [0.2, 0.25) is 0 Å². The van der Waals surface area contributed by atoms with E-state index < -0.39 is 0 Å². The van der Waals surface area contributed by atoms with E-state index in [4.69, 9.17) is 9.47 Å². The Balaban J connectivity index is 1.24. The van der Waals surface area contributed by atoms with Crippen LogP contribution in [0.3, 0.4) is 0 Å². The fourth-order valence-electron chi connectivity index (χ4n) is 7.38. The molecule has 0 saturated carbocycles. The Bertz CT molecular complexity index is 2370. The Morgan fingerprint density at radius 2 is 1.43 bits per heavy atom. The summed E-state index contributed by atoms with van der Waals surface area (Å²) in [6, 6.07) is 40.2. The van der Waals surface area contributed by atoms with E-state index in [0.29, 0.717) is 0 Å². The lowest BCUT2D eigenvalue weighted by Crippen LogP contribution is -2.16. The number of nitrogens with zero attached hydrogens (tertiary/aromatic N) is 1. The van der Waals surface area contributed by atoms with Crippen molar-refractivity contribution in [3.8, 4) is 28.4 Å². The van der Waals surface area contributed by atoms with Crippen LogP contribution in [0.25, 0.3) is 28.0 Å². The summed E-state index contributed by atoms with van der Waals surface area (Å²) >= 11 is 0. The standard InChI is InChI=1S/C47H36N2O2/c1-32-14-10-12-29-49(35-15-3-2-4-16-35)42-27-25-33(30-40(32)42)36-19-13-23-45-47(36)39-26-24-34(41-20-9-11-28-48-41)31-46(39)51-44-22-8-6-18-38(44)37-17-5-7-21-43(37)50-45/h2-18,20-27,29-31,36,48H,1,19,28H2/b14-10-,29-12-. The third-order valence-corrected chi connectivity index (χ3v) is 9.86. The highest BCUT2D eigenvalue weighted by atomic mass is 16.5. The molecular formula is C47H36N2O2. The molecule has 0 amide bonds. The predicted octanol–water partition coefficient (Wildman–Crippen LogP) is 11.7. The molecule has 3 heterocycles. The van der Waals surface area contributed by atoms with Gasteiger partial charge in [-0.2, -0.15) is 0 Å². The molecule has 4 aliphatic rings. The van der Waals surface area contributed by atoms with E-state index in [0.717, 1.165) is 92.0 Å². The van der Waals surface area contributed by atoms with E-state index in [9.17, 15) is 0 Å². The number of hydrogen-bond donors (Lipinski definition) is 1. The first-order valence-corrected chi connectivity index (χ1v) is 17.4. The highest BCUT2D eigenvalue weighted by Gasteiger charge is 2.30. The maximum Gasteiger partial charge on any atom is 0.135 e. The summed E-state index contributed by atoms with van der Waals surface area (Å²) in [6.07, 6.45) is 19.8. The van der Waals surface area contributed by atoms with Crippen LogP contribution in [0.15, 0.2) is 182 Å². The lowest BCUT2D eigenvalue weighted by atomic mass is 9.79. The third kappa shape index (κ3) is 5.71. The van der Waals surface area contributed by atoms with Gasteiger partial charge in [0, 0.05) is 63.4 Å². The molecule has 0 radical (unpaired) electrons. The SMILES string of the molecule is C=C1/C=C\C=C/N(c2ccccc2)c2ccc(C3CC=CC4=C3c3ccc(C5=CC=CCN5)cc3Oc3ccccc3-c3ccccc3O4)cc21. The van der Waals surface area contributed by atoms with Gasteiger partial charge in [-0.15, -0.1) is 0 Å². The van der Waals surface area contributed by atoms with E-state index in [2.05, 4.69) is 144 Å². The van der Waals surface area contributed by atoms with Crippen molar-refractivity contribution in [1.82, 2.24) is 5.32 Å². The van der Waals surface area contributed by atoms with Gasteiger partial charge < -0.3 is 19.7 Å². The molecule has 5 aromatic carbocycles. The quantitative estimate of drug-likeness (QED) is 0.209. The molecule has 1 unspecified atom stereocenters. The summed E-state index contributed by atoms with van der Waals surface area (Å²) in [5.41, 5.74) is 11.6. The van der Waals surface area contributed by atoms with Gasteiger partial charge in [0.25, 0.3) is 0 Å². The van der Waals surface area contributed by atoms with Crippen molar-refractivity contribution in [2.24, 2.45) is 0 Å². The number of dihydropyridines is 1. The van der Waals surface area contributed by atoms with Crippen LogP contribution in [0.1, 0.15) is 34.6 Å². The highest BCUT2D eigenvalue weighted by Crippen LogP contribution is 2.50. The van der Waals surface area contributed by atoms with Crippen molar-refractivity contribution >= 4 is 28.2 Å². The molecular weight excluding hydrogens is 625 g/mol. The maximum absolute atomic E-state index is 7.02. The maximum atomic E-state index is 7.02. The first-order chi connectivity index (χ1) is 25.2. The highest BCUT2D eigenvalue weighted by molar-refractivity contribution is 5.88. The van der Waals surface area contributed by atoms with Gasteiger partial charge in [-0.25, -0.2) is 0 Å². The second kappa shape index (κ2) is 13.1. The second-order valence-corrected chi connectivity index (χ2v) is 13.0. The molecule has 4 nitrogen and oxygen atoms in total. The van der Waals surface area contributed by atoms with E-state index in [1.165, 1.54) is 5.56 Å². The number of fused-ring (bicyclic) bond motifs is 6. The fraction of sp³-hybridized carbons (Fsp3) is 0.0638. The van der Waals surface area contributed by atoms with Crippen LogP contribution >= 0.6 is 0 Å². The molecule has 246 valence electrons. The van der Waals surface area contributed by atoms with Gasteiger partial charge in [0.2, 0.25) is 0 Å². The van der Waals surface area contributed by atoms with Crippen molar-refractivity contribution in [3.05, 3.63) is 205 Å². The molecule has 0 spiro atoms. The van der Waals surface area contributed by atoms with E-state index in [1.807, 2.05) is 42.5 Å². The smallest absolute Gasteiger partial charge is 0.135 e. The minimum absolute atomic E-state index is 0.0109. The Morgan fingerprint density at radius 3 is 2.24 bits per heavy atom. The van der Waals surface area contributed by atoms with Gasteiger partial charge in [0.1, 0.15) is 23.0 Å². The zero-order valence-electron chi connectivity index (χ0n) is 28.1. The Labute approximate surface area is 299 Å². The van der Waals surface area contributed by atoms with Crippen molar-refractivity contribution < 1.29 is 9.47 Å². The van der Waals surface area contributed by atoms with Crippen LogP contribution in [-0.4, -0.2) is 6.54 Å². The largest absolute Gasteiger partial charge is 0.456 e. The molecule has 1 atom stereocenters. The Kier molecular flexibility index (Phi) is 7.82. The third-order valence-electron chi connectivity index (χ3n) is 9.86. The van der Waals surface area contributed by atoms with E-state index >= 15 is 0 Å². The zero-order chi connectivity index (χ0) is 34.1. The monoisotopic (exact) mass is 660 g/mol. The normalized spacial score (nSPS) is 18.5. The van der Waals surface area contributed by atoms with Crippen LogP contribution in [0.4, 0.5) is 11.4 Å². The van der Waals surface area contributed by atoms with Crippen LogP contribution in [0, 0.1) is 0 Å². The summed E-state index contributed by atoms with van der Waals surface area (Å²) in [5, 5.41) is 3.52. The van der Waals surface area contributed by atoms with Gasteiger partial charge in [0.15, 0.2) is 0 Å². The second-order valence-electron chi connectivity index (χ2n) is 13.0. The molecule has 1 aliphatic carbocycles. The van der Waals surface area contributed by atoms with Gasteiger partial charge in [-0.3, -0.25) is 0 Å². The number of nitrogens with one attached hydrogen (secondary N) is 1. The number of anilines is 2. The summed E-state index contributed by atoms with van der Waals surface area (Å²) in [7, 11) is 0. The molecule has 9 rings (SSSR count). The topological polar surface area (TPSA) is 33.7 Å². The van der Waals surface area contributed by atoms with Gasteiger partial charge in [-0.05, 0) is 78.3 Å². The van der Waals surface area contributed by atoms with E-state index in [-0.39, 0.29) is 5.92 Å². The predicted molar refractivity (Wildman–Crippen MR) is 210 cm³/mol. The van der Waals surface area contributed by atoms with Gasteiger partial charge >= 0.3 is 0 Å². The molecule has 0 fully saturated rings. The number of benzene rings is 5. The number of hydrogen-bond acceptors (Lipinski definition) is 4. The number of ether oxygens (including phenoxy) is 2. The molecule has 51 heavy (non-hydrogen) atoms. The number of para-hydroxylation sites is 3. The van der Waals surface area contributed by atoms with Crippen molar-refractivity contribution in [2.45, 2.75) is 12.3 Å². The summed E-state index contributed by atoms with van der Waals surface area (Å²) in [6.45, 7) is 5.29. The molecule has 3 aliphatic heterocycles. The van der Waals surface area contributed by atoms with Crippen molar-refractivity contribution in [1.29, 1.82) is 0 Å². The fourth-order valence-corrected chi connectivity index (χ4v) is 7.38. The lowest BCUT2D eigenvalue weighted by Gasteiger charge is -2.31. The van der Waals surface area contributed by atoms with Gasteiger partial charge in [-0.1, -0.05) is 110 Å². The molecule has 0 bridgehead atoms. The number of allylic oxidation sites excluding steroid dienone is 9. The minimum Gasteiger partial charge on any atom is -0.456 e. The molecule has 0 saturated heterocycles. The van der Waals surface area contributed by atoms with Crippen LogP contribution in [0.5, 0.6) is 17.2 Å². The molecule has 0 aromatic heterocycles. The lowest BCUT2D eigenvalue weighted by molar-refractivity contribution is 0.437. The van der Waals surface area contributed by atoms with Crippen LogP contribution < -0.4 is 19.7 Å². The average Bonchev–Trinajstić information content (AvgIpc) is 3.18. The Morgan fingerprint density at radius 1 is 0.647 bits per heavy atom. The number of rotatable bonds is 3. The molecule has 5 aromatic rings. The Hall–Kier alpha value is -6.52. The average molecular weight is 661 g/mol. The first-order valence-electron chi connectivity index (χ1n) is 17.4. The first kappa shape index (κ1) is 30.5. The van der Waals surface area contributed by atoms with Crippen LogP contribution in [-0.2, 0) is 0 Å².